The monoisotopic (exact) mass is 784 g/mol. The SMILES string of the molecule is C=C(C)C(=O)OC12CC3CC(CC(OCC(=O)c4ccc(O)cc4)(C3)C1)C2.C=C(C)C(=O)OC12CC3CC(CC(OCC(=O)c4ccc(OCOC)cc4)(C3)C1)C2. The van der Waals surface area contributed by atoms with Crippen LogP contribution in [0.3, 0.4) is 0 Å². The standard InChI is InChI=1S/C24H30O6.C22H26O5/c1-16(2)22(26)30-24-11-17-8-18(12-24)10-23(9-17,14-24)29-13-21(25)19-4-6-20(7-5-19)28-15-27-3;1-14(2)20(25)27-22-10-15-7-16(11-22)9-21(8-15,13-22)26-12-19(24)17-3-5-18(23)6-4-17/h4-7,17-18H,1,8-15H2,2-3H3;3-6,15-16,23H,1,7-13H2,2H3. The predicted molar refractivity (Wildman–Crippen MR) is 210 cm³/mol. The summed E-state index contributed by atoms with van der Waals surface area (Å²) in [6.07, 6.45) is 10.9. The molecule has 1 N–H and O–H groups in total. The van der Waals surface area contributed by atoms with E-state index in [-0.39, 0.29) is 60.5 Å². The molecule has 306 valence electrons. The Hall–Kier alpha value is -4.32. The molecule has 4 atom stereocenters. The fraction of sp³-hybridized carbons (Fsp3) is 0.565. The topological polar surface area (TPSA) is 144 Å². The quantitative estimate of drug-likeness (QED) is 0.0815. The van der Waals surface area contributed by atoms with Crippen molar-refractivity contribution < 1.29 is 52.7 Å². The van der Waals surface area contributed by atoms with Gasteiger partial charge >= 0.3 is 11.9 Å². The fourth-order valence-corrected chi connectivity index (χ4v) is 11.5. The van der Waals surface area contributed by atoms with Gasteiger partial charge in [-0.3, -0.25) is 9.59 Å². The van der Waals surface area contributed by atoms with Gasteiger partial charge in [0, 0.05) is 42.2 Å². The molecule has 2 aromatic carbocycles. The van der Waals surface area contributed by atoms with Gasteiger partial charge in [0.05, 0.1) is 11.2 Å². The van der Waals surface area contributed by atoms with Crippen LogP contribution >= 0.6 is 0 Å². The first-order valence-electron chi connectivity index (χ1n) is 20.2. The molecular formula is C46H56O11. The Morgan fingerprint density at radius 2 is 0.982 bits per heavy atom. The third-order valence-corrected chi connectivity index (χ3v) is 13.0. The van der Waals surface area contributed by atoms with Gasteiger partial charge in [-0.15, -0.1) is 0 Å². The van der Waals surface area contributed by atoms with Gasteiger partial charge in [-0.2, -0.15) is 0 Å². The zero-order chi connectivity index (χ0) is 40.6. The molecule has 0 spiro atoms. The minimum absolute atomic E-state index is 0.00866. The second-order valence-corrected chi connectivity index (χ2v) is 18.0. The van der Waals surface area contributed by atoms with Gasteiger partial charge in [-0.25, -0.2) is 9.59 Å². The van der Waals surface area contributed by atoms with Crippen molar-refractivity contribution in [1.82, 2.24) is 0 Å². The highest BCUT2D eigenvalue weighted by molar-refractivity contribution is 5.97. The number of rotatable bonds is 15. The minimum atomic E-state index is -0.471. The highest BCUT2D eigenvalue weighted by Gasteiger charge is 2.62. The third-order valence-electron chi connectivity index (χ3n) is 13.0. The molecule has 4 unspecified atom stereocenters. The van der Waals surface area contributed by atoms with Gasteiger partial charge < -0.3 is 33.5 Å². The summed E-state index contributed by atoms with van der Waals surface area (Å²) >= 11 is 0. The number of ether oxygens (including phenoxy) is 6. The van der Waals surface area contributed by atoms with Crippen LogP contribution in [0.2, 0.25) is 0 Å². The number of phenolic OH excluding ortho intramolecular Hbond substituents is 1. The van der Waals surface area contributed by atoms with Crippen LogP contribution in [0, 0.1) is 23.7 Å². The zero-order valence-corrected chi connectivity index (χ0v) is 33.5. The number of hydrogen-bond donors (Lipinski definition) is 1. The maximum atomic E-state index is 12.7. The molecule has 0 aliphatic heterocycles. The Kier molecular flexibility index (Phi) is 11.6. The molecule has 8 aliphatic carbocycles. The van der Waals surface area contributed by atoms with Crippen molar-refractivity contribution in [3.63, 3.8) is 0 Å². The smallest absolute Gasteiger partial charge is 0.333 e. The Morgan fingerprint density at radius 1 is 0.614 bits per heavy atom. The normalized spacial score (nSPS) is 32.5. The number of carbonyl (C=O) groups is 4. The molecule has 2 aromatic rings. The van der Waals surface area contributed by atoms with E-state index in [4.69, 9.17) is 28.4 Å². The lowest BCUT2D eigenvalue weighted by atomic mass is 9.52. The van der Waals surface area contributed by atoms with Crippen molar-refractivity contribution in [2.24, 2.45) is 23.7 Å². The van der Waals surface area contributed by atoms with Crippen molar-refractivity contribution in [1.29, 1.82) is 0 Å². The molecule has 0 radical (unpaired) electrons. The van der Waals surface area contributed by atoms with Crippen molar-refractivity contribution >= 4 is 23.5 Å². The Balaban J connectivity index is 0.000000175. The maximum Gasteiger partial charge on any atom is 0.333 e. The summed E-state index contributed by atoms with van der Waals surface area (Å²) in [4.78, 5) is 49.6. The summed E-state index contributed by atoms with van der Waals surface area (Å²) in [6, 6.07) is 13.2. The number of aromatic hydroxyl groups is 1. The molecule has 0 aromatic heterocycles. The molecule has 0 saturated heterocycles. The van der Waals surface area contributed by atoms with E-state index in [0.29, 0.717) is 64.5 Å². The summed E-state index contributed by atoms with van der Waals surface area (Å²) in [5, 5.41) is 9.37. The third kappa shape index (κ3) is 9.21. The van der Waals surface area contributed by atoms with E-state index in [2.05, 4.69) is 13.2 Å². The van der Waals surface area contributed by atoms with Gasteiger partial charge in [-0.1, -0.05) is 13.2 Å². The molecular weight excluding hydrogens is 728 g/mol. The average molecular weight is 785 g/mol. The van der Waals surface area contributed by atoms with Crippen molar-refractivity contribution in [2.45, 2.75) is 113 Å². The number of Topliss-reactive ketones (excluding diaryl/α,β-unsaturated/α-hetero) is 2. The maximum absolute atomic E-state index is 12.7. The first-order chi connectivity index (χ1) is 27.1. The van der Waals surface area contributed by atoms with E-state index in [1.165, 1.54) is 12.1 Å². The number of hydrogen-bond acceptors (Lipinski definition) is 11. The van der Waals surface area contributed by atoms with Gasteiger partial charge in [0.15, 0.2) is 18.4 Å². The zero-order valence-electron chi connectivity index (χ0n) is 33.5. The molecule has 11 nitrogen and oxygen atoms in total. The van der Waals surface area contributed by atoms with Gasteiger partial charge in [0.2, 0.25) is 0 Å². The van der Waals surface area contributed by atoms with Crippen LogP contribution in [0.4, 0.5) is 0 Å². The summed E-state index contributed by atoms with van der Waals surface area (Å²) in [7, 11) is 1.56. The average Bonchev–Trinajstić information content (AvgIpc) is 3.14. The first kappa shape index (κ1) is 40.9. The molecule has 10 rings (SSSR count). The lowest BCUT2D eigenvalue weighted by Gasteiger charge is -2.60. The van der Waals surface area contributed by atoms with E-state index in [1.54, 1.807) is 57.4 Å². The summed E-state index contributed by atoms with van der Waals surface area (Å²) in [6.45, 7) is 11.0. The van der Waals surface area contributed by atoms with Crippen LogP contribution in [0.5, 0.6) is 11.5 Å². The number of carbonyl (C=O) groups excluding carboxylic acids is 4. The summed E-state index contributed by atoms with van der Waals surface area (Å²) < 4.78 is 34.6. The number of ketones is 2. The number of methoxy groups -OCH3 is 1. The molecule has 8 saturated carbocycles. The fourth-order valence-electron chi connectivity index (χ4n) is 11.5. The van der Waals surface area contributed by atoms with E-state index in [0.717, 1.165) is 64.2 Å². The molecule has 0 amide bonds. The lowest BCUT2D eigenvalue weighted by molar-refractivity contribution is -0.229. The Morgan fingerprint density at radius 3 is 1.35 bits per heavy atom. The molecule has 8 aliphatic rings. The number of phenols is 1. The summed E-state index contributed by atoms with van der Waals surface area (Å²) in [5.41, 5.74) is 0.263. The molecule has 0 heterocycles. The second kappa shape index (κ2) is 16.1. The minimum Gasteiger partial charge on any atom is -0.508 e. The van der Waals surface area contributed by atoms with Gasteiger partial charge in [-0.05, 0) is 150 Å². The second-order valence-electron chi connectivity index (χ2n) is 18.0. The van der Waals surface area contributed by atoms with Crippen LogP contribution in [-0.2, 0) is 33.3 Å². The Labute approximate surface area is 335 Å². The summed E-state index contributed by atoms with van der Waals surface area (Å²) in [5.74, 6) is 1.90. The molecule has 8 fully saturated rings. The molecule has 8 bridgehead atoms. The Bertz CT molecular complexity index is 1850. The number of benzene rings is 2. The van der Waals surface area contributed by atoms with Crippen LogP contribution in [0.15, 0.2) is 72.8 Å². The van der Waals surface area contributed by atoms with Gasteiger partial charge in [0.1, 0.15) is 35.9 Å². The van der Waals surface area contributed by atoms with Crippen molar-refractivity contribution in [3.8, 4) is 11.5 Å². The van der Waals surface area contributed by atoms with Crippen LogP contribution in [0.1, 0.15) is 112 Å². The highest BCUT2D eigenvalue weighted by Crippen LogP contribution is 2.61. The van der Waals surface area contributed by atoms with E-state index >= 15 is 0 Å². The number of esters is 2. The van der Waals surface area contributed by atoms with Crippen LogP contribution in [-0.4, -0.2) is 78.1 Å². The highest BCUT2D eigenvalue weighted by atomic mass is 16.7. The van der Waals surface area contributed by atoms with Crippen molar-refractivity contribution in [2.75, 3.05) is 27.1 Å². The molecule has 11 heteroatoms. The lowest BCUT2D eigenvalue weighted by Crippen LogP contribution is -2.61. The first-order valence-corrected chi connectivity index (χ1v) is 20.2. The van der Waals surface area contributed by atoms with Crippen LogP contribution < -0.4 is 4.74 Å². The van der Waals surface area contributed by atoms with E-state index < -0.39 is 11.2 Å². The largest absolute Gasteiger partial charge is 0.508 e. The molecule has 57 heavy (non-hydrogen) atoms. The van der Waals surface area contributed by atoms with E-state index in [9.17, 15) is 24.3 Å². The van der Waals surface area contributed by atoms with E-state index in [1.807, 2.05) is 0 Å². The van der Waals surface area contributed by atoms with Crippen LogP contribution in [0.25, 0.3) is 0 Å². The van der Waals surface area contributed by atoms with Crippen molar-refractivity contribution in [3.05, 3.63) is 84.0 Å². The van der Waals surface area contributed by atoms with Gasteiger partial charge in [0.25, 0.3) is 0 Å². The predicted octanol–water partition coefficient (Wildman–Crippen LogP) is 7.88.